The largest absolute Gasteiger partial charge is 0.453 e. The molecule has 0 aliphatic carbocycles. The van der Waals surface area contributed by atoms with Crippen molar-refractivity contribution < 1.29 is 9.53 Å². The first-order valence-corrected chi connectivity index (χ1v) is 8.61. The van der Waals surface area contributed by atoms with Crippen LogP contribution in [0.5, 0.6) is 11.5 Å². The van der Waals surface area contributed by atoms with Crippen LogP contribution in [0.2, 0.25) is 0 Å². The van der Waals surface area contributed by atoms with E-state index in [0.29, 0.717) is 23.6 Å². The van der Waals surface area contributed by atoms with Gasteiger partial charge in [0, 0.05) is 26.1 Å². The number of piperidine rings is 1. The molecule has 4 rings (SSSR count). The number of hydrogen-bond acceptors (Lipinski definition) is 5. The van der Waals surface area contributed by atoms with Gasteiger partial charge in [-0.2, -0.15) is 10.2 Å². The molecule has 26 heavy (non-hydrogen) atoms. The molecule has 1 aliphatic heterocycles. The molecule has 1 saturated heterocycles. The fourth-order valence-electron chi connectivity index (χ4n) is 3.28. The molecule has 1 aliphatic rings. The number of likely N-dealkylation sites (tertiary alicyclic amines) is 1. The van der Waals surface area contributed by atoms with Crippen LogP contribution in [-0.2, 0) is 7.05 Å². The molecule has 1 atom stereocenters. The van der Waals surface area contributed by atoms with Crippen molar-refractivity contribution in [2.75, 3.05) is 13.1 Å². The number of nitrogens with zero attached hydrogens (tertiary/aromatic N) is 5. The third-order valence-corrected chi connectivity index (χ3v) is 4.56. The van der Waals surface area contributed by atoms with Gasteiger partial charge in [0.25, 0.3) is 5.91 Å². The number of carbonyl (C=O) groups is 1. The zero-order valence-corrected chi connectivity index (χ0v) is 14.5. The number of aromatic amines is 1. The average molecular weight is 352 g/mol. The van der Waals surface area contributed by atoms with E-state index in [1.54, 1.807) is 29.2 Å². The number of aryl methyl sites for hydroxylation is 1. The molecule has 1 unspecified atom stereocenters. The summed E-state index contributed by atoms with van der Waals surface area (Å²) in [5.41, 5.74) is 0.551. The van der Waals surface area contributed by atoms with Crippen LogP contribution < -0.4 is 4.74 Å². The second kappa shape index (κ2) is 6.99. The third-order valence-electron chi connectivity index (χ3n) is 4.56. The van der Waals surface area contributed by atoms with E-state index < -0.39 is 0 Å². The second-order valence-electron chi connectivity index (χ2n) is 6.41. The molecule has 0 radical (unpaired) electrons. The monoisotopic (exact) mass is 352 g/mol. The highest BCUT2D eigenvalue weighted by molar-refractivity contribution is 5.97. The summed E-state index contributed by atoms with van der Waals surface area (Å²) in [6.45, 7) is 1.35. The predicted molar refractivity (Wildman–Crippen MR) is 94.0 cm³/mol. The summed E-state index contributed by atoms with van der Waals surface area (Å²) < 4.78 is 7.54. The van der Waals surface area contributed by atoms with Crippen molar-refractivity contribution in [3.8, 4) is 11.5 Å². The molecule has 3 heterocycles. The maximum atomic E-state index is 13.1. The Morgan fingerprint density at radius 3 is 3.00 bits per heavy atom. The van der Waals surface area contributed by atoms with E-state index in [2.05, 4.69) is 20.3 Å². The fourth-order valence-corrected chi connectivity index (χ4v) is 3.28. The maximum Gasteiger partial charge on any atom is 0.257 e. The first kappa shape index (κ1) is 16.3. The lowest BCUT2D eigenvalue weighted by atomic mass is 9.96. The standard InChI is InChI=1S/C18H20N6O2/c1-23-11-14(9-21-23)26-16-7-3-2-6-15(16)18(25)24-8-4-5-13(10-24)17-19-12-20-22-17/h2-3,6-7,9,11-13H,4-5,8,10H2,1H3,(H,19,20,22). The van der Waals surface area contributed by atoms with Gasteiger partial charge in [-0.3, -0.25) is 14.6 Å². The molecular weight excluding hydrogens is 332 g/mol. The van der Waals surface area contributed by atoms with Crippen LogP contribution in [0.3, 0.4) is 0 Å². The number of para-hydroxylation sites is 1. The molecule has 2 aromatic heterocycles. The maximum absolute atomic E-state index is 13.1. The van der Waals surface area contributed by atoms with Crippen LogP contribution >= 0.6 is 0 Å². The highest BCUT2D eigenvalue weighted by Crippen LogP contribution is 2.29. The lowest BCUT2D eigenvalue weighted by Gasteiger charge is -2.32. The van der Waals surface area contributed by atoms with Crippen molar-refractivity contribution in [1.82, 2.24) is 29.9 Å². The van der Waals surface area contributed by atoms with E-state index >= 15 is 0 Å². The van der Waals surface area contributed by atoms with Crippen LogP contribution in [0, 0.1) is 0 Å². The summed E-state index contributed by atoms with van der Waals surface area (Å²) in [5.74, 6) is 2.12. The summed E-state index contributed by atoms with van der Waals surface area (Å²) in [7, 11) is 1.82. The SMILES string of the molecule is Cn1cc(Oc2ccccc2C(=O)N2CCCC(c3ncn[nH]3)C2)cn1. The Hall–Kier alpha value is -3.16. The Morgan fingerprint density at radius 1 is 1.35 bits per heavy atom. The van der Waals surface area contributed by atoms with Crippen LogP contribution in [0.25, 0.3) is 0 Å². The number of amides is 1. The minimum atomic E-state index is -0.0336. The Kier molecular flexibility index (Phi) is 4.39. The topological polar surface area (TPSA) is 88.9 Å². The van der Waals surface area contributed by atoms with Crippen LogP contribution in [0.4, 0.5) is 0 Å². The summed E-state index contributed by atoms with van der Waals surface area (Å²) >= 11 is 0. The lowest BCUT2D eigenvalue weighted by molar-refractivity contribution is 0.0702. The Bertz CT molecular complexity index is 889. The van der Waals surface area contributed by atoms with Crippen molar-refractivity contribution in [2.24, 2.45) is 7.05 Å². The number of ether oxygens (including phenoxy) is 1. The van der Waals surface area contributed by atoms with Crippen molar-refractivity contribution in [3.63, 3.8) is 0 Å². The molecular formula is C18H20N6O2. The van der Waals surface area contributed by atoms with Gasteiger partial charge in [0.15, 0.2) is 5.75 Å². The molecule has 1 amide bonds. The van der Waals surface area contributed by atoms with Gasteiger partial charge in [-0.25, -0.2) is 4.98 Å². The highest BCUT2D eigenvalue weighted by atomic mass is 16.5. The quantitative estimate of drug-likeness (QED) is 0.778. The number of carbonyl (C=O) groups excluding carboxylic acids is 1. The van der Waals surface area contributed by atoms with Gasteiger partial charge in [-0.15, -0.1) is 0 Å². The molecule has 0 spiro atoms. The summed E-state index contributed by atoms with van der Waals surface area (Å²) in [6.07, 6.45) is 6.83. The zero-order chi connectivity index (χ0) is 17.9. The van der Waals surface area contributed by atoms with E-state index in [9.17, 15) is 4.79 Å². The minimum absolute atomic E-state index is 0.0336. The normalized spacial score (nSPS) is 17.3. The summed E-state index contributed by atoms with van der Waals surface area (Å²) in [6, 6.07) is 7.31. The van der Waals surface area contributed by atoms with Crippen molar-refractivity contribution in [1.29, 1.82) is 0 Å². The minimum Gasteiger partial charge on any atom is -0.453 e. The predicted octanol–water partition coefficient (Wildman–Crippen LogP) is 2.35. The summed E-state index contributed by atoms with van der Waals surface area (Å²) in [5, 5.41) is 10.9. The van der Waals surface area contributed by atoms with Crippen LogP contribution in [0.1, 0.15) is 34.9 Å². The van der Waals surface area contributed by atoms with E-state index in [-0.39, 0.29) is 11.8 Å². The molecule has 1 N–H and O–H groups in total. The van der Waals surface area contributed by atoms with Crippen molar-refractivity contribution in [2.45, 2.75) is 18.8 Å². The molecule has 3 aromatic rings. The van der Waals surface area contributed by atoms with E-state index in [4.69, 9.17) is 4.74 Å². The van der Waals surface area contributed by atoms with Gasteiger partial charge in [0.05, 0.1) is 18.0 Å². The second-order valence-corrected chi connectivity index (χ2v) is 6.41. The highest BCUT2D eigenvalue weighted by Gasteiger charge is 2.28. The number of hydrogen-bond donors (Lipinski definition) is 1. The molecule has 1 aromatic carbocycles. The average Bonchev–Trinajstić information content (AvgIpc) is 3.34. The van der Waals surface area contributed by atoms with E-state index in [1.807, 2.05) is 24.1 Å². The van der Waals surface area contributed by atoms with Gasteiger partial charge in [-0.1, -0.05) is 12.1 Å². The number of H-pyrrole nitrogens is 1. The smallest absolute Gasteiger partial charge is 0.257 e. The molecule has 134 valence electrons. The van der Waals surface area contributed by atoms with Gasteiger partial charge >= 0.3 is 0 Å². The van der Waals surface area contributed by atoms with Crippen LogP contribution in [-0.4, -0.2) is 48.9 Å². The van der Waals surface area contributed by atoms with Crippen molar-refractivity contribution >= 4 is 5.91 Å². The Balaban J connectivity index is 1.54. The third kappa shape index (κ3) is 3.30. The number of rotatable bonds is 4. The molecule has 1 fully saturated rings. The lowest BCUT2D eigenvalue weighted by Crippen LogP contribution is -2.39. The number of benzene rings is 1. The first-order chi connectivity index (χ1) is 12.7. The van der Waals surface area contributed by atoms with Gasteiger partial charge in [-0.05, 0) is 25.0 Å². The molecule has 8 heteroatoms. The number of nitrogens with one attached hydrogen (secondary N) is 1. The first-order valence-electron chi connectivity index (χ1n) is 8.61. The fraction of sp³-hybridized carbons (Fsp3) is 0.333. The molecule has 0 saturated carbocycles. The van der Waals surface area contributed by atoms with Crippen molar-refractivity contribution in [3.05, 3.63) is 54.4 Å². The van der Waals surface area contributed by atoms with E-state index in [1.165, 1.54) is 6.33 Å². The molecule has 0 bridgehead atoms. The molecule has 8 nitrogen and oxygen atoms in total. The summed E-state index contributed by atoms with van der Waals surface area (Å²) in [4.78, 5) is 19.2. The number of aromatic nitrogens is 5. The Labute approximate surface area is 150 Å². The zero-order valence-electron chi connectivity index (χ0n) is 14.5. The van der Waals surface area contributed by atoms with Gasteiger partial charge in [0.2, 0.25) is 0 Å². The van der Waals surface area contributed by atoms with Gasteiger partial charge in [0.1, 0.15) is 17.9 Å². The van der Waals surface area contributed by atoms with Crippen LogP contribution in [0.15, 0.2) is 43.0 Å². The van der Waals surface area contributed by atoms with E-state index in [0.717, 1.165) is 25.2 Å². The Morgan fingerprint density at radius 2 is 2.23 bits per heavy atom. The van der Waals surface area contributed by atoms with Gasteiger partial charge < -0.3 is 9.64 Å².